The molecule has 0 spiro atoms. The molecule has 0 radical (unpaired) electrons. The maximum absolute atomic E-state index is 11.3. The van der Waals surface area contributed by atoms with Gasteiger partial charge in [0.25, 0.3) is 0 Å². The third-order valence-corrected chi connectivity index (χ3v) is 3.54. The monoisotopic (exact) mass is 260 g/mol. The molecule has 2 heterocycles. The Kier molecular flexibility index (Phi) is 2.85. The molecular formula is C13H16N4O2. The summed E-state index contributed by atoms with van der Waals surface area (Å²) in [4.78, 5) is 15.4. The van der Waals surface area contributed by atoms with Gasteiger partial charge in [-0.2, -0.15) is 5.10 Å². The van der Waals surface area contributed by atoms with Crippen molar-refractivity contribution >= 4 is 22.7 Å². The zero-order valence-electron chi connectivity index (χ0n) is 10.8. The molecule has 1 aliphatic rings. The van der Waals surface area contributed by atoms with Gasteiger partial charge < -0.3 is 10.4 Å². The van der Waals surface area contributed by atoms with E-state index in [1.807, 2.05) is 0 Å². The first-order chi connectivity index (χ1) is 9.16. The third kappa shape index (κ3) is 2.25. The molecule has 0 saturated heterocycles. The summed E-state index contributed by atoms with van der Waals surface area (Å²) in [5.74, 6) is -0.154. The van der Waals surface area contributed by atoms with Crippen molar-refractivity contribution in [3.63, 3.8) is 0 Å². The highest BCUT2D eigenvalue weighted by Gasteiger charge is 2.21. The molecule has 19 heavy (non-hydrogen) atoms. The van der Waals surface area contributed by atoms with E-state index >= 15 is 0 Å². The summed E-state index contributed by atoms with van der Waals surface area (Å²) >= 11 is 0. The lowest BCUT2D eigenvalue weighted by Crippen LogP contribution is -2.09. The molecule has 0 aromatic carbocycles. The molecule has 2 aromatic rings. The van der Waals surface area contributed by atoms with Gasteiger partial charge in [-0.1, -0.05) is 12.8 Å². The van der Waals surface area contributed by atoms with Gasteiger partial charge in [0.15, 0.2) is 5.65 Å². The molecule has 1 saturated carbocycles. The molecule has 0 atom stereocenters. The molecule has 2 N–H and O–H groups in total. The molecule has 0 amide bonds. The lowest BCUT2D eigenvalue weighted by molar-refractivity contribution is 0.0697. The van der Waals surface area contributed by atoms with E-state index in [1.54, 1.807) is 17.9 Å². The average molecular weight is 260 g/mol. The van der Waals surface area contributed by atoms with Crippen LogP contribution in [0.2, 0.25) is 0 Å². The topological polar surface area (TPSA) is 80.0 Å². The van der Waals surface area contributed by atoms with Gasteiger partial charge in [-0.15, -0.1) is 0 Å². The number of carboxylic acids is 1. The predicted octanol–water partition coefficient (Wildman–Crippen LogP) is 1.88. The summed E-state index contributed by atoms with van der Waals surface area (Å²) in [6.07, 6.45) is 6.74. The fourth-order valence-corrected chi connectivity index (χ4v) is 2.26. The standard InChI is InChI=1S/C13H16N4O2/c1-17-12-9(7-16-17)11(10(6-15-12)13(18)19)14-5-4-8-2-3-8/h6-8H,2-5H2,1H3,(H,14,15)(H,18,19). The molecule has 6 nitrogen and oxygen atoms in total. The number of fused-ring (bicyclic) bond motifs is 1. The molecule has 0 unspecified atom stereocenters. The fourth-order valence-electron chi connectivity index (χ4n) is 2.26. The van der Waals surface area contributed by atoms with Crippen LogP contribution >= 0.6 is 0 Å². The maximum atomic E-state index is 11.3. The van der Waals surface area contributed by atoms with E-state index < -0.39 is 5.97 Å². The summed E-state index contributed by atoms with van der Waals surface area (Å²) in [6.45, 7) is 0.791. The lowest BCUT2D eigenvalue weighted by atomic mass is 10.1. The van der Waals surface area contributed by atoms with E-state index in [0.29, 0.717) is 11.3 Å². The summed E-state index contributed by atoms with van der Waals surface area (Å²) in [6, 6.07) is 0. The van der Waals surface area contributed by atoms with E-state index in [1.165, 1.54) is 19.0 Å². The second-order valence-corrected chi connectivity index (χ2v) is 5.02. The highest BCUT2D eigenvalue weighted by molar-refractivity contribution is 6.03. The third-order valence-electron chi connectivity index (χ3n) is 3.54. The summed E-state index contributed by atoms with van der Waals surface area (Å²) in [7, 11) is 1.80. The second-order valence-electron chi connectivity index (χ2n) is 5.02. The van der Waals surface area contributed by atoms with Gasteiger partial charge >= 0.3 is 5.97 Å². The number of carboxylic acid groups (broad SMARTS) is 1. The van der Waals surface area contributed by atoms with Crippen LogP contribution in [-0.4, -0.2) is 32.4 Å². The van der Waals surface area contributed by atoms with Crippen molar-refractivity contribution in [1.29, 1.82) is 0 Å². The Bertz CT molecular complexity index is 631. The van der Waals surface area contributed by atoms with E-state index in [0.717, 1.165) is 24.3 Å². The number of aromatic nitrogens is 3. The van der Waals surface area contributed by atoms with E-state index in [2.05, 4.69) is 15.4 Å². The number of hydrogen-bond donors (Lipinski definition) is 2. The Morgan fingerprint density at radius 2 is 2.32 bits per heavy atom. The quantitative estimate of drug-likeness (QED) is 0.858. The number of anilines is 1. The van der Waals surface area contributed by atoms with Crippen LogP contribution in [0.3, 0.4) is 0 Å². The molecule has 0 bridgehead atoms. The molecule has 1 aliphatic carbocycles. The minimum Gasteiger partial charge on any atom is -0.478 e. The van der Waals surface area contributed by atoms with Gasteiger partial charge in [0.1, 0.15) is 5.56 Å². The smallest absolute Gasteiger partial charge is 0.339 e. The predicted molar refractivity (Wildman–Crippen MR) is 71.3 cm³/mol. The Labute approximate surface area is 110 Å². The van der Waals surface area contributed by atoms with Crippen LogP contribution in [0.5, 0.6) is 0 Å². The normalized spacial score (nSPS) is 14.8. The number of aryl methyl sites for hydroxylation is 1. The van der Waals surface area contributed by atoms with E-state index in [4.69, 9.17) is 0 Å². The number of carbonyl (C=O) groups is 1. The summed E-state index contributed by atoms with van der Waals surface area (Å²) < 4.78 is 1.65. The van der Waals surface area contributed by atoms with Gasteiger partial charge in [0, 0.05) is 19.8 Å². The number of aromatic carboxylic acids is 1. The number of pyridine rings is 1. The Hall–Kier alpha value is -2.11. The van der Waals surface area contributed by atoms with Crippen LogP contribution in [0.1, 0.15) is 29.6 Å². The van der Waals surface area contributed by atoms with Crippen molar-refractivity contribution in [3.8, 4) is 0 Å². The minimum atomic E-state index is -0.966. The first kappa shape index (κ1) is 12.0. The van der Waals surface area contributed by atoms with Gasteiger partial charge in [-0.3, -0.25) is 4.68 Å². The van der Waals surface area contributed by atoms with Crippen LogP contribution in [-0.2, 0) is 7.05 Å². The largest absolute Gasteiger partial charge is 0.478 e. The van der Waals surface area contributed by atoms with Crippen molar-refractivity contribution in [2.45, 2.75) is 19.3 Å². The SMILES string of the molecule is Cn1ncc2c(NCCC3CC3)c(C(=O)O)cnc21. The van der Waals surface area contributed by atoms with Crippen molar-refractivity contribution in [2.75, 3.05) is 11.9 Å². The second kappa shape index (κ2) is 4.53. The summed E-state index contributed by atoms with van der Waals surface area (Å²) in [5, 5.41) is 17.4. The Morgan fingerprint density at radius 1 is 1.53 bits per heavy atom. The van der Waals surface area contributed by atoms with Crippen molar-refractivity contribution < 1.29 is 9.90 Å². The zero-order valence-corrected chi connectivity index (χ0v) is 10.8. The molecule has 0 aliphatic heterocycles. The summed E-state index contributed by atoms with van der Waals surface area (Å²) in [5.41, 5.74) is 1.53. The van der Waals surface area contributed by atoms with Gasteiger partial charge in [0.05, 0.1) is 17.3 Å². The maximum Gasteiger partial charge on any atom is 0.339 e. The fraction of sp³-hybridized carbons (Fsp3) is 0.462. The molecular weight excluding hydrogens is 244 g/mol. The van der Waals surface area contributed by atoms with Crippen LogP contribution in [0.15, 0.2) is 12.4 Å². The molecule has 2 aromatic heterocycles. The van der Waals surface area contributed by atoms with Crippen LogP contribution in [0.4, 0.5) is 5.69 Å². The molecule has 3 rings (SSSR count). The highest BCUT2D eigenvalue weighted by Crippen LogP contribution is 2.33. The number of nitrogens with one attached hydrogen (secondary N) is 1. The molecule has 6 heteroatoms. The van der Waals surface area contributed by atoms with Gasteiger partial charge in [-0.25, -0.2) is 9.78 Å². The van der Waals surface area contributed by atoms with Crippen LogP contribution in [0.25, 0.3) is 11.0 Å². The first-order valence-electron chi connectivity index (χ1n) is 6.44. The van der Waals surface area contributed by atoms with Gasteiger partial charge in [-0.05, 0) is 12.3 Å². The lowest BCUT2D eigenvalue weighted by Gasteiger charge is -2.10. The van der Waals surface area contributed by atoms with Crippen LogP contribution in [0, 0.1) is 5.92 Å². The average Bonchev–Trinajstić information content (AvgIpc) is 3.13. The van der Waals surface area contributed by atoms with Crippen LogP contribution < -0.4 is 5.32 Å². The van der Waals surface area contributed by atoms with Crippen molar-refractivity contribution in [1.82, 2.24) is 14.8 Å². The number of nitrogens with zero attached hydrogens (tertiary/aromatic N) is 3. The van der Waals surface area contributed by atoms with E-state index in [9.17, 15) is 9.90 Å². The number of rotatable bonds is 5. The van der Waals surface area contributed by atoms with Crippen molar-refractivity contribution in [3.05, 3.63) is 18.0 Å². The molecule has 100 valence electrons. The first-order valence-corrected chi connectivity index (χ1v) is 6.44. The Balaban J connectivity index is 1.95. The molecule has 1 fully saturated rings. The highest BCUT2D eigenvalue weighted by atomic mass is 16.4. The minimum absolute atomic E-state index is 0.205. The van der Waals surface area contributed by atoms with E-state index in [-0.39, 0.29) is 5.56 Å². The zero-order chi connectivity index (χ0) is 13.4. The Morgan fingerprint density at radius 3 is 3.00 bits per heavy atom. The number of hydrogen-bond acceptors (Lipinski definition) is 4. The van der Waals surface area contributed by atoms with Crippen molar-refractivity contribution in [2.24, 2.45) is 13.0 Å². The van der Waals surface area contributed by atoms with Gasteiger partial charge in [0.2, 0.25) is 0 Å².